The minimum absolute atomic E-state index is 0.526. The van der Waals surface area contributed by atoms with E-state index in [9.17, 15) is 4.79 Å². The predicted molar refractivity (Wildman–Crippen MR) is 91.1 cm³/mol. The third-order valence-corrected chi connectivity index (χ3v) is 3.78. The van der Waals surface area contributed by atoms with Crippen LogP contribution in [0.25, 0.3) is 0 Å². The fourth-order valence-corrected chi connectivity index (χ4v) is 2.74. The summed E-state index contributed by atoms with van der Waals surface area (Å²) in [5, 5.41) is 0. The predicted octanol–water partition coefficient (Wildman–Crippen LogP) is 4.09. The standard InChI is InChI=1S/C20H22O3/c1-2-15-22-16-9-14-20(23-17-21,18-10-5-3-6-11-18)19-12-7-4-8-13-19/h2-8,10-13,17H,1,9,14-16H2. The number of hydrogen-bond acceptors (Lipinski definition) is 3. The van der Waals surface area contributed by atoms with Crippen molar-refractivity contribution in [3.05, 3.63) is 84.4 Å². The van der Waals surface area contributed by atoms with Crippen molar-refractivity contribution in [3.8, 4) is 0 Å². The first-order valence-corrected chi connectivity index (χ1v) is 7.74. The normalized spacial score (nSPS) is 11.0. The van der Waals surface area contributed by atoms with Gasteiger partial charge in [0.15, 0.2) is 5.60 Å². The molecule has 2 aromatic carbocycles. The largest absolute Gasteiger partial charge is 0.451 e. The van der Waals surface area contributed by atoms with Gasteiger partial charge in [-0.3, -0.25) is 4.79 Å². The van der Waals surface area contributed by atoms with Crippen molar-refractivity contribution in [3.63, 3.8) is 0 Å². The van der Waals surface area contributed by atoms with Crippen molar-refractivity contribution in [2.75, 3.05) is 13.2 Å². The molecule has 23 heavy (non-hydrogen) atoms. The third-order valence-electron chi connectivity index (χ3n) is 3.78. The van der Waals surface area contributed by atoms with E-state index in [0.29, 0.717) is 26.1 Å². The average Bonchev–Trinajstić information content (AvgIpc) is 2.62. The van der Waals surface area contributed by atoms with Crippen LogP contribution in [-0.2, 0) is 19.9 Å². The second-order valence-corrected chi connectivity index (χ2v) is 5.24. The van der Waals surface area contributed by atoms with Crippen LogP contribution in [0.1, 0.15) is 24.0 Å². The third kappa shape index (κ3) is 4.30. The molecule has 0 saturated heterocycles. The van der Waals surface area contributed by atoms with Gasteiger partial charge in [-0.05, 0) is 12.8 Å². The number of ether oxygens (including phenoxy) is 2. The Morgan fingerprint density at radius 2 is 1.52 bits per heavy atom. The van der Waals surface area contributed by atoms with Gasteiger partial charge < -0.3 is 9.47 Å². The fourth-order valence-electron chi connectivity index (χ4n) is 2.74. The van der Waals surface area contributed by atoms with Crippen molar-refractivity contribution in [2.24, 2.45) is 0 Å². The van der Waals surface area contributed by atoms with E-state index >= 15 is 0 Å². The molecule has 0 amide bonds. The monoisotopic (exact) mass is 310 g/mol. The zero-order chi connectivity index (χ0) is 16.4. The van der Waals surface area contributed by atoms with E-state index in [4.69, 9.17) is 9.47 Å². The van der Waals surface area contributed by atoms with Crippen molar-refractivity contribution < 1.29 is 14.3 Å². The molecule has 0 atom stereocenters. The molecule has 2 rings (SSSR count). The van der Waals surface area contributed by atoms with Crippen LogP contribution >= 0.6 is 0 Å². The van der Waals surface area contributed by atoms with Crippen LogP contribution in [0.15, 0.2) is 73.3 Å². The lowest BCUT2D eigenvalue weighted by molar-refractivity contribution is -0.141. The van der Waals surface area contributed by atoms with Gasteiger partial charge >= 0.3 is 0 Å². The molecule has 0 unspecified atom stereocenters. The van der Waals surface area contributed by atoms with E-state index in [1.165, 1.54) is 0 Å². The highest BCUT2D eigenvalue weighted by molar-refractivity contribution is 5.45. The Morgan fingerprint density at radius 1 is 0.957 bits per heavy atom. The molecular weight excluding hydrogens is 288 g/mol. The number of carbonyl (C=O) groups is 1. The molecule has 0 aromatic heterocycles. The van der Waals surface area contributed by atoms with E-state index in [-0.39, 0.29) is 0 Å². The summed E-state index contributed by atoms with van der Waals surface area (Å²) in [6, 6.07) is 19.7. The molecule has 0 heterocycles. The molecule has 0 spiro atoms. The lowest BCUT2D eigenvalue weighted by Crippen LogP contribution is -2.31. The molecule has 0 fully saturated rings. The van der Waals surface area contributed by atoms with Crippen LogP contribution in [0.5, 0.6) is 0 Å². The summed E-state index contributed by atoms with van der Waals surface area (Å²) < 4.78 is 11.1. The van der Waals surface area contributed by atoms with Gasteiger partial charge in [0.25, 0.3) is 6.47 Å². The number of hydrogen-bond donors (Lipinski definition) is 0. The Bertz CT molecular complexity index is 553. The van der Waals surface area contributed by atoms with Crippen LogP contribution in [0.2, 0.25) is 0 Å². The molecular formula is C20H22O3. The molecule has 2 aromatic rings. The van der Waals surface area contributed by atoms with Crippen molar-refractivity contribution in [1.82, 2.24) is 0 Å². The summed E-state index contributed by atoms with van der Waals surface area (Å²) in [6.07, 6.45) is 3.14. The van der Waals surface area contributed by atoms with Gasteiger partial charge in [0.05, 0.1) is 6.61 Å². The van der Waals surface area contributed by atoms with E-state index < -0.39 is 5.60 Å². The van der Waals surface area contributed by atoms with Crippen LogP contribution in [0.4, 0.5) is 0 Å². The van der Waals surface area contributed by atoms with Crippen LogP contribution in [0.3, 0.4) is 0 Å². The highest BCUT2D eigenvalue weighted by Gasteiger charge is 2.35. The van der Waals surface area contributed by atoms with Gasteiger partial charge in [0.2, 0.25) is 0 Å². The fraction of sp³-hybridized carbons (Fsp3) is 0.250. The summed E-state index contributed by atoms with van der Waals surface area (Å²) in [7, 11) is 0. The van der Waals surface area contributed by atoms with E-state index in [1.807, 2.05) is 60.7 Å². The Hall–Kier alpha value is -2.39. The topological polar surface area (TPSA) is 35.5 Å². The summed E-state index contributed by atoms with van der Waals surface area (Å²) in [5.41, 5.74) is 1.13. The lowest BCUT2D eigenvalue weighted by atomic mass is 9.82. The van der Waals surface area contributed by atoms with Gasteiger partial charge in [0.1, 0.15) is 0 Å². The summed E-state index contributed by atoms with van der Waals surface area (Å²) in [5.74, 6) is 0. The number of carbonyl (C=O) groups excluding carboxylic acids is 1. The Balaban J connectivity index is 2.31. The molecule has 0 bridgehead atoms. The molecule has 3 heteroatoms. The molecule has 3 nitrogen and oxygen atoms in total. The second kappa shape index (κ2) is 8.91. The van der Waals surface area contributed by atoms with Gasteiger partial charge in [-0.1, -0.05) is 66.7 Å². The van der Waals surface area contributed by atoms with Crippen LogP contribution < -0.4 is 0 Å². The number of benzene rings is 2. The minimum Gasteiger partial charge on any atom is -0.451 e. The summed E-state index contributed by atoms with van der Waals surface area (Å²) in [4.78, 5) is 11.2. The molecule has 0 N–H and O–H groups in total. The Morgan fingerprint density at radius 3 is 2.00 bits per heavy atom. The van der Waals surface area contributed by atoms with Gasteiger partial charge in [-0.2, -0.15) is 0 Å². The van der Waals surface area contributed by atoms with Gasteiger partial charge in [-0.15, -0.1) is 6.58 Å². The maximum absolute atomic E-state index is 11.2. The summed E-state index contributed by atoms with van der Waals surface area (Å²) in [6.45, 7) is 5.29. The van der Waals surface area contributed by atoms with E-state index in [0.717, 1.165) is 17.5 Å². The minimum atomic E-state index is -0.790. The SMILES string of the molecule is C=CCOCCCC(OC=O)(c1ccccc1)c1ccccc1. The average molecular weight is 310 g/mol. The summed E-state index contributed by atoms with van der Waals surface area (Å²) >= 11 is 0. The molecule has 0 aliphatic rings. The Labute approximate surface area is 137 Å². The lowest BCUT2D eigenvalue weighted by Gasteiger charge is -2.33. The maximum Gasteiger partial charge on any atom is 0.294 e. The molecule has 120 valence electrons. The second-order valence-electron chi connectivity index (χ2n) is 5.24. The molecule has 0 saturated carbocycles. The molecule has 0 radical (unpaired) electrons. The first-order valence-electron chi connectivity index (χ1n) is 7.74. The van der Waals surface area contributed by atoms with E-state index in [1.54, 1.807) is 6.08 Å². The zero-order valence-corrected chi connectivity index (χ0v) is 13.2. The van der Waals surface area contributed by atoms with Crippen molar-refractivity contribution >= 4 is 6.47 Å². The molecule has 0 aliphatic carbocycles. The van der Waals surface area contributed by atoms with Crippen molar-refractivity contribution in [1.29, 1.82) is 0 Å². The first-order chi connectivity index (χ1) is 11.3. The highest BCUT2D eigenvalue weighted by atomic mass is 16.5. The van der Waals surface area contributed by atoms with Gasteiger partial charge in [-0.25, -0.2) is 0 Å². The maximum atomic E-state index is 11.2. The number of rotatable bonds is 10. The van der Waals surface area contributed by atoms with Gasteiger partial charge in [0, 0.05) is 17.7 Å². The van der Waals surface area contributed by atoms with Crippen LogP contribution in [0, 0.1) is 0 Å². The van der Waals surface area contributed by atoms with Crippen LogP contribution in [-0.4, -0.2) is 19.7 Å². The van der Waals surface area contributed by atoms with Crippen molar-refractivity contribution in [2.45, 2.75) is 18.4 Å². The quantitative estimate of drug-likeness (QED) is 0.377. The molecule has 0 aliphatic heterocycles. The Kier molecular flexibility index (Phi) is 6.57. The zero-order valence-electron chi connectivity index (χ0n) is 13.2. The smallest absolute Gasteiger partial charge is 0.294 e. The highest BCUT2D eigenvalue weighted by Crippen LogP contribution is 2.37. The first kappa shape index (κ1) is 17.0. The van der Waals surface area contributed by atoms with E-state index in [2.05, 4.69) is 6.58 Å².